The zero-order chi connectivity index (χ0) is 55.4. The van der Waals surface area contributed by atoms with E-state index >= 15 is 0 Å². The summed E-state index contributed by atoms with van der Waals surface area (Å²) in [6, 6.07) is 48.8. The predicted octanol–water partition coefficient (Wildman–Crippen LogP) is 17.0. The quantitative estimate of drug-likeness (QED) is 0.161. The van der Waals surface area contributed by atoms with Crippen molar-refractivity contribution in [1.82, 2.24) is 9.13 Å². The maximum Gasteiger partial charge on any atom is 0.268 e. The molecule has 4 heterocycles. The Morgan fingerprint density at radius 3 is 0.872 bits per heavy atom. The zero-order valence-corrected chi connectivity index (χ0v) is 47.3. The number of hydrogen-bond acceptors (Lipinski definition) is 4. The second-order valence-corrected chi connectivity index (χ2v) is 25.9. The van der Waals surface area contributed by atoms with E-state index in [1.807, 2.05) is 74.5 Å². The molecule has 8 heteroatoms. The lowest BCUT2D eigenvalue weighted by Gasteiger charge is -2.20. The number of benzene rings is 8. The monoisotopic (exact) mass is 1030 g/mol. The van der Waals surface area contributed by atoms with Crippen LogP contribution in [0.3, 0.4) is 0 Å². The first kappa shape index (κ1) is 50.5. The van der Waals surface area contributed by atoms with E-state index in [4.69, 9.17) is 0 Å². The van der Waals surface area contributed by atoms with Crippen molar-refractivity contribution in [2.75, 3.05) is 9.80 Å². The number of aromatic nitrogens is 2. The summed E-state index contributed by atoms with van der Waals surface area (Å²) < 4.78 is 4.30. The first-order valence-corrected chi connectivity index (χ1v) is 27.2. The molecule has 0 bridgehead atoms. The molecule has 0 aliphatic carbocycles. The lowest BCUT2D eigenvalue weighted by atomic mass is 9.85. The number of aryl methyl sites for hydroxylation is 2. The van der Waals surface area contributed by atoms with Crippen molar-refractivity contribution in [2.45, 2.75) is 119 Å². The van der Waals surface area contributed by atoms with Gasteiger partial charge in [-0.3, -0.25) is 19.2 Å². The van der Waals surface area contributed by atoms with Gasteiger partial charge in [0.25, 0.3) is 23.6 Å². The molecule has 0 fully saturated rings. The van der Waals surface area contributed by atoms with E-state index in [1.165, 1.54) is 32.1 Å². The highest BCUT2D eigenvalue weighted by Gasteiger charge is 2.41. The first-order chi connectivity index (χ1) is 36.7. The number of rotatable bonds is 5. The van der Waals surface area contributed by atoms with Crippen LogP contribution in [-0.4, -0.2) is 32.8 Å². The Morgan fingerprint density at radius 2 is 0.603 bits per heavy atom. The summed E-state index contributed by atoms with van der Waals surface area (Å²) in [6.07, 6.45) is 0. The summed E-state index contributed by atoms with van der Waals surface area (Å²) in [5.74, 6) is -1.50. The SMILES string of the molecule is Cc1cc(N2C(=O)c3cccc(-n4c5ccc(C(C)(C)C)cc5c5cc(C(C)(C)C)ccc54)c3C2=O)ccc1-c1ccc(N2C(=O)c3cccc(-n4c5ccc(C(C)(C)C)cc5c5cc(C(C)(C)C)ccc54)c3C2=O)cc1C. The van der Waals surface area contributed by atoms with Crippen LogP contribution in [0.5, 0.6) is 0 Å². The van der Waals surface area contributed by atoms with Gasteiger partial charge in [-0.05, 0) is 177 Å². The van der Waals surface area contributed by atoms with Crippen LogP contribution >= 0.6 is 0 Å². The summed E-state index contributed by atoms with van der Waals surface area (Å²) in [4.78, 5) is 61.4. The molecule has 0 atom stereocenters. The maximum absolute atomic E-state index is 14.9. The largest absolute Gasteiger partial charge is 0.308 e. The Bertz CT molecular complexity index is 3890. The average Bonchev–Trinajstić information content (AvgIpc) is 4.24. The fourth-order valence-electron chi connectivity index (χ4n) is 12.0. The molecule has 10 aromatic rings. The fourth-order valence-corrected chi connectivity index (χ4v) is 12.0. The lowest BCUT2D eigenvalue weighted by Crippen LogP contribution is -2.29. The second kappa shape index (κ2) is 17.1. The number of hydrogen-bond donors (Lipinski definition) is 0. The number of carbonyl (C=O) groups is 4. The van der Waals surface area contributed by atoms with Crippen LogP contribution in [0.2, 0.25) is 0 Å². The summed E-state index contributed by atoms with van der Waals surface area (Å²) in [5.41, 5.74) is 15.7. The molecule has 2 aliphatic rings. The third-order valence-corrected chi connectivity index (χ3v) is 16.5. The Labute approximate surface area is 456 Å². The van der Waals surface area contributed by atoms with E-state index in [-0.39, 0.29) is 45.3 Å². The molecule has 0 N–H and O–H groups in total. The standard InChI is InChI=1S/C70H66N4O4/c1-39-33-45(71-63(75)49-17-15-19-59(61(49)65(71)77)73-55-29-21-41(67(3,4)5)35-51(55)52-36-42(68(6,7)8)22-30-56(52)73)25-27-47(39)48-28-26-46(34-40(48)2)72-64(76)50-18-16-20-60(62(50)66(72)78)74-57-31-23-43(69(9,10)11)37-53(57)54-38-44(70(12,13)14)24-32-58(54)74/h15-38H,1-14H3. The van der Waals surface area contributed by atoms with Gasteiger partial charge in [0.05, 0.1) is 67.1 Å². The number of carbonyl (C=O) groups excluding carboxylic acids is 4. The lowest BCUT2D eigenvalue weighted by molar-refractivity contribution is 0.0910. The normalized spacial score (nSPS) is 14.3. The molecule has 4 amide bonds. The molecule has 2 aliphatic heterocycles. The fraction of sp³-hybridized carbons (Fsp3) is 0.257. The van der Waals surface area contributed by atoms with Crippen molar-refractivity contribution in [2.24, 2.45) is 0 Å². The van der Waals surface area contributed by atoms with Gasteiger partial charge < -0.3 is 9.13 Å². The van der Waals surface area contributed by atoms with Gasteiger partial charge in [0.15, 0.2) is 0 Å². The van der Waals surface area contributed by atoms with E-state index in [1.54, 1.807) is 12.1 Å². The van der Waals surface area contributed by atoms with Crippen molar-refractivity contribution >= 4 is 78.6 Å². The van der Waals surface area contributed by atoms with Crippen molar-refractivity contribution in [3.63, 3.8) is 0 Å². The number of amides is 4. The van der Waals surface area contributed by atoms with Gasteiger partial charge in [0.2, 0.25) is 0 Å². The van der Waals surface area contributed by atoms with Crippen LogP contribution in [0.4, 0.5) is 11.4 Å². The van der Waals surface area contributed by atoms with Gasteiger partial charge in [-0.15, -0.1) is 0 Å². The topological polar surface area (TPSA) is 84.6 Å². The molecule has 0 unspecified atom stereocenters. The molecule has 2 aromatic heterocycles. The summed E-state index contributed by atoms with van der Waals surface area (Å²) in [6.45, 7) is 30.5. The van der Waals surface area contributed by atoms with Crippen molar-refractivity contribution in [3.8, 4) is 22.5 Å². The van der Waals surface area contributed by atoms with Crippen molar-refractivity contribution < 1.29 is 19.2 Å². The maximum atomic E-state index is 14.9. The molecule has 0 saturated heterocycles. The van der Waals surface area contributed by atoms with E-state index in [0.29, 0.717) is 45.0 Å². The minimum absolute atomic E-state index is 0.0737. The van der Waals surface area contributed by atoms with Crippen LogP contribution in [0.1, 0.15) is 158 Å². The minimum atomic E-state index is -0.377. The molecule has 12 rings (SSSR count). The van der Waals surface area contributed by atoms with Gasteiger partial charge in [-0.25, -0.2) is 9.80 Å². The van der Waals surface area contributed by atoms with E-state index < -0.39 is 0 Å². The number of imide groups is 2. The zero-order valence-electron chi connectivity index (χ0n) is 47.3. The Kier molecular flexibility index (Phi) is 11.0. The predicted molar refractivity (Wildman–Crippen MR) is 320 cm³/mol. The van der Waals surface area contributed by atoms with Gasteiger partial charge in [-0.2, -0.15) is 0 Å². The van der Waals surface area contributed by atoms with Gasteiger partial charge in [0, 0.05) is 21.5 Å². The molecule has 0 saturated carbocycles. The molecular formula is C70H66N4O4. The van der Waals surface area contributed by atoms with Crippen LogP contribution < -0.4 is 9.80 Å². The summed E-state index contributed by atoms with van der Waals surface area (Å²) in [7, 11) is 0. The molecule has 8 aromatic carbocycles. The second-order valence-electron chi connectivity index (χ2n) is 25.9. The van der Waals surface area contributed by atoms with Gasteiger partial charge in [-0.1, -0.05) is 132 Å². The Morgan fingerprint density at radius 1 is 0.308 bits per heavy atom. The number of nitrogens with zero attached hydrogens (tertiary/aromatic N) is 4. The van der Waals surface area contributed by atoms with Crippen LogP contribution in [0.25, 0.3) is 66.1 Å². The summed E-state index contributed by atoms with van der Waals surface area (Å²) in [5, 5.41) is 4.40. The number of fused-ring (bicyclic) bond motifs is 8. The Hall–Kier alpha value is -8.36. The number of anilines is 2. The van der Waals surface area contributed by atoms with Gasteiger partial charge in [0.1, 0.15) is 0 Å². The third kappa shape index (κ3) is 7.69. The van der Waals surface area contributed by atoms with E-state index in [2.05, 4.69) is 165 Å². The Balaban J connectivity index is 0.873. The van der Waals surface area contributed by atoms with Crippen LogP contribution in [0, 0.1) is 13.8 Å². The molecular weight excluding hydrogens is 961 g/mol. The van der Waals surface area contributed by atoms with Crippen LogP contribution in [-0.2, 0) is 21.7 Å². The highest BCUT2D eigenvalue weighted by Crippen LogP contribution is 2.44. The third-order valence-electron chi connectivity index (χ3n) is 16.5. The minimum Gasteiger partial charge on any atom is -0.308 e. The van der Waals surface area contributed by atoms with E-state index in [0.717, 1.165) is 65.9 Å². The molecule has 390 valence electrons. The average molecular weight is 1030 g/mol. The smallest absolute Gasteiger partial charge is 0.268 e. The highest BCUT2D eigenvalue weighted by atomic mass is 16.2. The van der Waals surface area contributed by atoms with E-state index in [9.17, 15) is 19.2 Å². The molecule has 0 radical (unpaired) electrons. The highest BCUT2D eigenvalue weighted by molar-refractivity contribution is 6.37. The molecule has 78 heavy (non-hydrogen) atoms. The molecule has 8 nitrogen and oxygen atoms in total. The van der Waals surface area contributed by atoms with Crippen LogP contribution in [0.15, 0.2) is 146 Å². The summed E-state index contributed by atoms with van der Waals surface area (Å²) >= 11 is 0. The first-order valence-electron chi connectivity index (χ1n) is 27.2. The molecule has 0 spiro atoms. The van der Waals surface area contributed by atoms with Gasteiger partial charge >= 0.3 is 0 Å². The van der Waals surface area contributed by atoms with Crippen molar-refractivity contribution in [3.05, 3.63) is 201 Å². The van der Waals surface area contributed by atoms with Crippen molar-refractivity contribution in [1.29, 1.82) is 0 Å².